The number of rotatable bonds is 6. The van der Waals surface area contributed by atoms with Crippen molar-refractivity contribution in [1.82, 2.24) is 19.9 Å². The van der Waals surface area contributed by atoms with Crippen molar-refractivity contribution in [3.63, 3.8) is 0 Å². The van der Waals surface area contributed by atoms with Gasteiger partial charge in [-0.15, -0.1) is 5.10 Å². The molecule has 9 heteroatoms. The number of anilines is 1. The Morgan fingerprint density at radius 2 is 1.83 bits per heavy atom. The van der Waals surface area contributed by atoms with E-state index in [0.717, 1.165) is 5.69 Å². The molecule has 3 aromatic rings. The zero-order chi connectivity index (χ0) is 21.8. The maximum absolute atomic E-state index is 12.9. The fourth-order valence-electron chi connectivity index (χ4n) is 2.90. The molecule has 0 fully saturated rings. The zero-order valence-corrected chi connectivity index (χ0v) is 17.5. The van der Waals surface area contributed by atoms with E-state index in [1.165, 1.54) is 12.0 Å². The van der Waals surface area contributed by atoms with Gasteiger partial charge in [-0.3, -0.25) is 9.59 Å². The second-order valence-electron chi connectivity index (χ2n) is 6.71. The minimum absolute atomic E-state index is 0.157. The number of nitrogens with zero attached hydrogens (tertiary/aromatic N) is 4. The predicted molar refractivity (Wildman–Crippen MR) is 112 cm³/mol. The molecule has 0 saturated heterocycles. The van der Waals surface area contributed by atoms with Crippen LogP contribution in [0.4, 0.5) is 5.69 Å². The van der Waals surface area contributed by atoms with Gasteiger partial charge in [-0.1, -0.05) is 11.3 Å². The molecule has 0 aliphatic carbocycles. The van der Waals surface area contributed by atoms with Gasteiger partial charge in [0.15, 0.2) is 5.69 Å². The van der Waals surface area contributed by atoms with Crippen molar-refractivity contribution in [3.8, 4) is 17.2 Å². The average Bonchev–Trinajstić information content (AvgIpc) is 3.14. The highest BCUT2D eigenvalue weighted by Crippen LogP contribution is 2.27. The highest BCUT2D eigenvalue weighted by atomic mass is 16.5. The predicted octanol–water partition coefficient (Wildman–Crippen LogP) is 2.55. The van der Waals surface area contributed by atoms with Crippen LogP contribution in [0.2, 0.25) is 0 Å². The maximum Gasteiger partial charge on any atom is 0.278 e. The third-order valence-corrected chi connectivity index (χ3v) is 4.51. The number of hydrogen-bond acceptors (Lipinski definition) is 6. The molecule has 0 spiro atoms. The molecule has 0 aliphatic heterocycles. The van der Waals surface area contributed by atoms with Gasteiger partial charge in [-0.05, 0) is 37.3 Å². The number of carbonyl (C=O) groups excluding carboxylic acids is 2. The topological polar surface area (TPSA) is 98.6 Å². The summed E-state index contributed by atoms with van der Waals surface area (Å²) in [6, 6.07) is 12.1. The average molecular weight is 409 g/mol. The summed E-state index contributed by atoms with van der Waals surface area (Å²) in [5, 5.41) is 10.9. The minimum Gasteiger partial charge on any atom is -0.497 e. The molecule has 3 rings (SSSR count). The van der Waals surface area contributed by atoms with Gasteiger partial charge < -0.3 is 19.7 Å². The molecular weight excluding hydrogens is 386 g/mol. The summed E-state index contributed by atoms with van der Waals surface area (Å²) in [4.78, 5) is 26.6. The Kier molecular flexibility index (Phi) is 6.01. The third kappa shape index (κ3) is 4.09. The molecule has 2 aromatic carbocycles. The second-order valence-corrected chi connectivity index (χ2v) is 6.71. The van der Waals surface area contributed by atoms with Crippen LogP contribution in [0.3, 0.4) is 0 Å². The van der Waals surface area contributed by atoms with Gasteiger partial charge in [0, 0.05) is 25.7 Å². The summed E-state index contributed by atoms with van der Waals surface area (Å²) < 4.78 is 12.1. The van der Waals surface area contributed by atoms with Crippen LogP contribution in [0, 0.1) is 6.92 Å². The van der Waals surface area contributed by atoms with Crippen LogP contribution in [0.1, 0.15) is 26.5 Å². The van der Waals surface area contributed by atoms with Crippen LogP contribution < -0.4 is 14.8 Å². The molecule has 0 saturated carbocycles. The molecule has 0 bridgehead atoms. The maximum atomic E-state index is 12.9. The summed E-state index contributed by atoms with van der Waals surface area (Å²) in [5.74, 6) is 0.444. The lowest BCUT2D eigenvalue weighted by Gasteiger charge is -2.14. The van der Waals surface area contributed by atoms with Crippen molar-refractivity contribution in [1.29, 1.82) is 0 Å². The number of benzene rings is 2. The molecule has 156 valence electrons. The Labute approximate surface area is 174 Å². The van der Waals surface area contributed by atoms with Crippen molar-refractivity contribution in [2.75, 3.05) is 33.6 Å². The smallest absolute Gasteiger partial charge is 0.278 e. The molecule has 2 amide bonds. The molecule has 0 radical (unpaired) electrons. The van der Waals surface area contributed by atoms with E-state index in [2.05, 4.69) is 15.6 Å². The van der Waals surface area contributed by atoms with Gasteiger partial charge in [-0.2, -0.15) is 0 Å². The Balaban J connectivity index is 1.90. The first-order valence-electron chi connectivity index (χ1n) is 9.13. The van der Waals surface area contributed by atoms with Gasteiger partial charge >= 0.3 is 0 Å². The fourth-order valence-corrected chi connectivity index (χ4v) is 2.90. The van der Waals surface area contributed by atoms with E-state index in [1.807, 2.05) is 18.2 Å². The second kappa shape index (κ2) is 8.64. The van der Waals surface area contributed by atoms with Crippen LogP contribution in [-0.4, -0.2) is 60.0 Å². The van der Waals surface area contributed by atoms with Gasteiger partial charge in [0.25, 0.3) is 11.8 Å². The highest BCUT2D eigenvalue weighted by Gasteiger charge is 2.20. The lowest BCUT2D eigenvalue weighted by atomic mass is 10.1. The molecular formula is C21H23N5O4. The number of hydrogen-bond donors (Lipinski definition) is 1. The van der Waals surface area contributed by atoms with Gasteiger partial charge in [0.2, 0.25) is 0 Å². The van der Waals surface area contributed by atoms with Crippen molar-refractivity contribution in [2.24, 2.45) is 0 Å². The Hall–Kier alpha value is -3.88. The summed E-state index contributed by atoms with van der Waals surface area (Å²) in [5.41, 5.74) is 2.22. The van der Waals surface area contributed by atoms with E-state index in [4.69, 9.17) is 9.47 Å². The summed E-state index contributed by atoms with van der Waals surface area (Å²) >= 11 is 0. The fraction of sp³-hybridized carbons (Fsp3) is 0.238. The summed E-state index contributed by atoms with van der Waals surface area (Å²) in [7, 11) is 6.38. The highest BCUT2D eigenvalue weighted by molar-refractivity contribution is 6.05. The van der Waals surface area contributed by atoms with Gasteiger partial charge in [-0.25, -0.2) is 4.68 Å². The number of nitrogens with one attached hydrogen (secondary N) is 1. The van der Waals surface area contributed by atoms with E-state index >= 15 is 0 Å². The Morgan fingerprint density at radius 1 is 1.07 bits per heavy atom. The summed E-state index contributed by atoms with van der Waals surface area (Å²) in [6.45, 7) is 1.75. The molecule has 0 aliphatic rings. The Bertz CT molecular complexity index is 1090. The third-order valence-electron chi connectivity index (χ3n) is 4.51. The van der Waals surface area contributed by atoms with Crippen LogP contribution in [-0.2, 0) is 0 Å². The van der Waals surface area contributed by atoms with E-state index < -0.39 is 5.91 Å². The molecule has 1 N–H and O–H groups in total. The van der Waals surface area contributed by atoms with Crippen LogP contribution >= 0.6 is 0 Å². The molecule has 0 unspecified atom stereocenters. The summed E-state index contributed by atoms with van der Waals surface area (Å²) in [6.07, 6.45) is 0. The number of amides is 2. The van der Waals surface area contributed by atoms with E-state index in [-0.39, 0.29) is 11.6 Å². The van der Waals surface area contributed by atoms with Crippen molar-refractivity contribution >= 4 is 17.5 Å². The van der Waals surface area contributed by atoms with Gasteiger partial charge in [0.1, 0.15) is 11.5 Å². The standard InChI is InChI=1S/C21H23N5O4/c1-13-19(23-24-26(13)15-7-6-8-16(12-15)29-4)20(27)22-17-11-14(21(28)25(2)3)9-10-18(17)30-5/h6-12H,1-5H3,(H,22,27). The molecule has 30 heavy (non-hydrogen) atoms. The Morgan fingerprint density at radius 3 is 2.50 bits per heavy atom. The van der Waals surface area contributed by atoms with Crippen LogP contribution in [0.5, 0.6) is 11.5 Å². The van der Waals surface area contributed by atoms with Crippen LogP contribution in [0.25, 0.3) is 5.69 Å². The normalized spacial score (nSPS) is 10.4. The zero-order valence-electron chi connectivity index (χ0n) is 17.5. The molecule has 9 nitrogen and oxygen atoms in total. The number of carbonyl (C=O) groups is 2. The first kappa shape index (κ1) is 20.8. The molecule has 0 atom stereocenters. The van der Waals surface area contributed by atoms with E-state index in [1.54, 1.807) is 57.1 Å². The largest absolute Gasteiger partial charge is 0.497 e. The number of methoxy groups -OCH3 is 2. The van der Waals surface area contributed by atoms with E-state index in [9.17, 15) is 9.59 Å². The molecule has 1 heterocycles. The van der Waals surface area contributed by atoms with Crippen LogP contribution in [0.15, 0.2) is 42.5 Å². The SMILES string of the molecule is COc1cccc(-n2nnc(C(=O)Nc3cc(C(=O)N(C)C)ccc3OC)c2C)c1. The van der Waals surface area contributed by atoms with Crippen molar-refractivity contribution in [2.45, 2.75) is 6.92 Å². The van der Waals surface area contributed by atoms with Crippen molar-refractivity contribution < 1.29 is 19.1 Å². The lowest BCUT2D eigenvalue weighted by Crippen LogP contribution is -2.22. The first-order valence-corrected chi connectivity index (χ1v) is 9.13. The van der Waals surface area contributed by atoms with E-state index in [0.29, 0.717) is 28.4 Å². The first-order chi connectivity index (χ1) is 14.3. The quantitative estimate of drug-likeness (QED) is 0.672. The van der Waals surface area contributed by atoms with Crippen molar-refractivity contribution in [3.05, 3.63) is 59.4 Å². The minimum atomic E-state index is -0.464. The number of ether oxygens (including phenoxy) is 2. The monoisotopic (exact) mass is 409 g/mol. The number of aromatic nitrogens is 3. The molecule has 1 aromatic heterocycles. The lowest BCUT2D eigenvalue weighted by molar-refractivity contribution is 0.0827. The van der Waals surface area contributed by atoms with Gasteiger partial charge in [0.05, 0.1) is 31.3 Å².